The molecule has 2 aromatic rings. The maximum absolute atomic E-state index is 13.3. The largest absolute Gasteiger partial charge is 0.447 e. The lowest BCUT2D eigenvalue weighted by atomic mass is 9.98. The van der Waals surface area contributed by atoms with Crippen LogP contribution in [0.4, 0.5) is 9.18 Å². The highest BCUT2D eigenvalue weighted by Gasteiger charge is 2.39. The number of carbonyl (C=O) groups excluding carboxylic acids is 1. The molecule has 0 N–H and O–H groups in total. The maximum Gasteiger partial charge on any atom is 0.414 e. The summed E-state index contributed by atoms with van der Waals surface area (Å²) in [5, 5.41) is 0. The number of carbonyl (C=O) groups is 1. The van der Waals surface area contributed by atoms with Crippen LogP contribution in [-0.4, -0.2) is 30.8 Å². The van der Waals surface area contributed by atoms with E-state index in [4.69, 9.17) is 14.2 Å². The Morgan fingerprint density at radius 2 is 1.79 bits per heavy atom. The van der Waals surface area contributed by atoms with Crippen LogP contribution in [0, 0.1) is 5.82 Å². The Morgan fingerprint density at radius 3 is 2.48 bits per heavy atom. The Labute approximate surface area is 169 Å². The number of rotatable bonds is 7. The van der Waals surface area contributed by atoms with Gasteiger partial charge in [0.2, 0.25) is 0 Å². The molecule has 6 heteroatoms. The van der Waals surface area contributed by atoms with Gasteiger partial charge in [-0.25, -0.2) is 9.18 Å². The van der Waals surface area contributed by atoms with Crippen LogP contribution in [0.1, 0.15) is 36.4 Å². The number of ether oxygens (including phenoxy) is 3. The third-order valence-electron chi connectivity index (χ3n) is 5.41. The van der Waals surface area contributed by atoms with Crippen molar-refractivity contribution in [2.45, 2.75) is 31.1 Å². The molecule has 152 valence electrons. The first-order chi connectivity index (χ1) is 14.1. The molecule has 1 amide bonds. The molecule has 1 atom stereocenters. The van der Waals surface area contributed by atoms with Crippen LogP contribution in [-0.2, 0) is 20.0 Å². The molecule has 4 rings (SSSR count). The average Bonchev–Trinajstić information content (AvgIpc) is 3.37. The van der Waals surface area contributed by atoms with Crippen molar-refractivity contribution in [2.24, 2.45) is 0 Å². The van der Waals surface area contributed by atoms with Crippen molar-refractivity contribution < 1.29 is 23.4 Å². The van der Waals surface area contributed by atoms with Gasteiger partial charge >= 0.3 is 6.09 Å². The molecule has 2 aliphatic heterocycles. The summed E-state index contributed by atoms with van der Waals surface area (Å²) in [7, 11) is 0. The minimum atomic E-state index is -0.877. The predicted octanol–water partition coefficient (Wildman–Crippen LogP) is 4.90. The quantitative estimate of drug-likeness (QED) is 0.667. The lowest BCUT2D eigenvalue weighted by Crippen LogP contribution is -2.29. The van der Waals surface area contributed by atoms with Crippen LogP contribution < -0.4 is 0 Å². The fraction of sp³-hybridized carbons (Fsp3) is 0.348. The number of amides is 1. The molecule has 0 bridgehead atoms. The summed E-state index contributed by atoms with van der Waals surface area (Å²) in [6.45, 7) is 5.43. The van der Waals surface area contributed by atoms with E-state index in [1.165, 1.54) is 12.1 Å². The second-order valence-electron chi connectivity index (χ2n) is 7.25. The van der Waals surface area contributed by atoms with Crippen LogP contribution >= 0.6 is 0 Å². The van der Waals surface area contributed by atoms with Gasteiger partial charge in [-0.1, -0.05) is 49.0 Å². The average molecular weight is 397 g/mol. The van der Waals surface area contributed by atoms with E-state index < -0.39 is 5.79 Å². The van der Waals surface area contributed by atoms with Gasteiger partial charge in [0, 0.05) is 17.7 Å². The first kappa shape index (κ1) is 19.6. The predicted molar refractivity (Wildman–Crippen MR) is 105 cm³/mol. The summed E-state index contributed by atoms with van der Waals surface area (Å²) in [6, 6.07) is 15.8. The molecule has 2 aliphatic rings. The highest BCUT2D eigenvalue weighted by molar-refractivity contribution is 5.72. The van der Waals surface area contributed by atoms with Crippen molar-refractivity contribution in [3.8, 4) is 0 Å². The molecule has 29 heavy (non-hydrogen) atoms. The van der Waals surface area contributed by atoms with E-state index in [0.717, 1.165) is 11.1 Å². The topological polar surface area (TPSA) is 48.0 Å². The number of cyclic esters (lactones) is 1. The molecular formula is C23H24FNO4. The highest BCUT2D eigenvalue weighted by Crippen LogP contribution is 2.38. The minimum Gasteiger partial charge on any atom is -0.447 e. The summed E-state index contributed by atoms with van der Waals surface area (Å²) in [5.74, 6) is -1.17. The Bertz CT molecular complexity index is 862. The van der Waals surface area contributed by atoms with Crippen LogP contribution in [0.2, 0.25) is 0 Å². The number of hydrogen-bond acceptors (Lipinski definition) is 4. The summed E-state index contributed by atoms with van der Waals surface area (Å²) < 4.78 is 30.4. The second kappa shape index (κ2) is 8.35. The van der Waals surface area contributed by atoms with Gasteiger partial charge < -0.3 is 14.2 Å². The molecule has 0 unspecified atom stereocenters. The molecule has 0 spiro atoms. The fourth-order valence-electron chi connectivity index (χ4n) is 3.95. The number of allylic oxidation sites excluding steroid dienone is 1. The van der Waals surface area contributed by atoms with Crippen molar-refractivity contribution >= 4 is 6.09 Å². The van der Waals surface area contributed by atoms with Gasteiger partial charge in [-0.15, -0.1) is 0 Å². The van der Waals surface area contributed by atoms with Gasteiger partial charge in [0.15, 0.2) is 5.79 Å². The van der Waals surface area contributed by atoms with E-state index in [9.17, 15) is 9.18 Å². The van der Waals surface area contributed by atoms with Gasteiger partial charge in [-0.2, -0.15) is 0 Å². The first-order valence-electron chi connectivity index (χ1n) is 9.82. The van der Waals surface area contributed by atoms with Crippen LogP contribution in [0.5, 0.6) is 0 Å². The zero-order valence-corrected chi connectivity index (χ0v) is 16.2. The standard InChI is InChI=1S/C23H24FNO4/c1-17(25-21(16-27-22(25)26)18-7-3-2-4-8-18)6-5-13-23(28-14-15-29-23)19-9-11-20(24)12-10-19/h2-4,7-12,21H,1,5-6,13-16H2/t21-/m1/s1. The van der Waals surface area contributed by atoms with E-state index >= 15 is 0 Å². The van der Waals surface area contributed by atoms with Gasteiger partial charge in [-0.3, -0.25) is 4.90 Å². The molecule has 5 nitrogen and oxygen atoms in total. The monoisotopic (exact) mass is 397 g/mol. The Morgan fingerprint density at radius 1 is 1.10 bits per heavy atom. The normalized spacial score (nSPS) is 20.7. The smallest absolute Gasteiger partial charge is 0.414 e. The highest BCUT2D eigenvalue weighted by atomic mass is 19.1. The molecule has 0 saturated carbocycles. The van der Waals surface area contributed by atoms with Crippen molar-refractivity contribution in [2.75, 3.05) is 19.8 Å². The van der Waals surface area contributed by atoms with E-state index in [-0.39, 0.29) is 18.0 Å². The molecule has 0 aliphatic carbocycles. The zero-order chi connectivity index (χ0) is 20.3. The molecule has 0 aromatic heterocycles. The lowest BCUT2D eigenvalue weighted by molar-refractivity contribution is -0.171. The number of benzene rings is 2. The third-order valence-corrected chi connectivity index (χ3v) is 5.41. The van der Waals surface area contributed by atoms with Gasteiger partial charge in [-0.05, 0) is 30.5 Å². The van der Waals surface area contributed by atoms with Crippen LogP contribution in [0.3, 0.4) is 0 Å². The van der Waals surface area contributed by atoms with Gasteiger partial charge in [0.25, 0.3) is 0 Å². The number of hydrogen-bond donors (Lipinski definition) is 0. The third kappa shape index (κ3) is 4.04. The molecular weight excluding hydrogens is 373 g/mol. The maximum atomic E-state index is 13.3. The van der Waals surface area contributed by atoms with Crippen LogP contribution in [0.15, 0.2) is 66.9 Å². The molecule has 2 heterocycles. The van der Waals surface area contributed by atoms with Crippen LogP contribution in [0.25, 0.3) is 0 Å². The first-order valence-corrected chi connectivity index (χ1v) is 9.82. The number of halogens is 1. The summed E-state index contributed by atoms with van der Waals surface area (Å²) in [4.78, 5) is 13.9. The number of nitrogens with zero attached hydrogens (tertiary/aromatic N) is 1. The Hall–Kier alpha value is -2.70. The summed E-state index contributed by atoms with van der Waals surface area (Å²) in [5.41, 5.74) is 2.52. The second-order valence-corrected chi connectivity index (χ2v) is 7.25. The fourth-order valence-corrected chi connectivity index (χ4v) is 3.95. The van der Waals surface area contributed by atoms with E-state index in [1.807, 2.05) is 30.3 Å². The van der Waals surface area contributed by atoms with Crippen molar-refractivity contribution in [3.63, 3.8) is 0 Å². The van der Waals surface area contributed by atoms with E-state index in [2.05, 4.69) is 6.58 Å². The lowest BCUT2D eigenvalue weighted by Gasteiger charge is -2.29. The van der Waals surface area contributed by atoms with Crippen molar-refractivity contribution in [1.82, 2.24) is 4.90 Å². The van der Waals surface area contributed by atoms with E-state index in [0.29, 0.717) is 44.8 Å². The molecule has 2 aromatic carbocycles. The zero-order valence-electron chi connectivity index (χ0n) is 16.2. The minimum absolute atomic E-state index is 0.166. The van der Waals surface area contributed by atoms with Gasteiger partial charge in [0.05, 0.1) is 19.3 Å². The molecule has 0 radical (unpaired) electrons. The van der Waals surface area contributed by atoms with Crippen molar-refractivity contribution in [3.05, 3.63) is 83.8 Å². The SMILES string of the molecule is C=C(CCCC1(c2ccc(F)cc2)OCCO1)N1C(=O)OC[C@@H]1c1ccccc1. The molecule has 2 fully saturated rings. The summed E-state index contributed by atoms with van der Waals surface area (Å²) >= 11 is 0. The van der Waals surface area contributed by atoms with E-state index in [1.54, 1.807) is 17.0 Å². The molecule has 2 saturated heterocycles. The van der Waals surface area contributed by atoms with Crippen molar-refractivity contribution in [1.29, 1.82) is 0 Å². The Balaban J connectivity index is 1.42. The van der Waals surface area contributed by atoms with Gasteiger partial charge in [0.1, 0.15) is 12.4 Å². The summed E-state index contributed by atoms with van der Waals surface area (Å²) in [6.07, 6.45) is 1.50. The Kier molecular flexibility index (Phi) is 5.65.